The summed E-state index contributed by atoms with van der Waals surface area (Å²) in [5, 5.41) is 17.1. The van der Waals surface area contributed by atoms with Gasteiger partial charge < -0.3 is 15.7 Å². The molecular formula is C14H20ClN3O. The van der Waals surface area contributed by atoms with E-state index >= 15 is 0 Å². The minimum Gasteiger partial charge on any atom is -0.396 e. The summed E-state index contributed by atoms with van der Waals surface area (Å²) in [7, 11) is 0. The number of piperidine rings is 1. The number of amidine groups is 1. The molecule has 1 saturated heterocycles. The van der Waals surface area contributed by atoms with Gasteiger partial charge in [-0.25, -0.2) is 0 Å². The predicted molar refractivity (Wildman–Crippen MR) is 79.1 cm³/mol. The first-order valence-corrected chi connectivity index (χ1v) is 6.99. The van der Waals surface area contributed by atoms with E-state index in [-0.39, 0.29) is 12.4 Å². The molecule has 104 valence electrons. The number of aliphatic hydroxyl groups is 1. The van der Waals surface area contributed by atoms with Gasteiger partial charge in [0.2, 0.25) is 0 Å². The molecule has 0 saturated carbocycles. The van der Waals surface area contributed by atoms with Crippen molar-refractivity contribution in [3.63, 3.8) is 0 Å². The summed E-state index contributed by atoms with van der Waals surface area (Å²) in [6.07, 6.45) is 3.13. The Bertz CT molecular complexity index is 462. The topological polar surface area (TPSA) is 73.3 Å². The van der Waals surface area contributed by atoms with Gasteiger partial charge in [0.05, 0.1) is 10.7 Å². The van der Waals surface area contributed by atoms with Gasteiger partial charge in [-0.05, 0) is 43.4 Å². The molecule has 4 nitrogen and oxygen atoms in total. The van der Waals surface area contributed by atoms with Crippen molar-refractivity contribution in [2.45, 2.75) is 19.3 Å². The molecule has 4 N–H and O–H groups in total. The molecule has 1 aliphatic rings. The molecule has 0 radical (unpaired) electrons. The van der Waals surface area contributed by atoms with Crippen molar-refractivity contribution in [2.75, 3.05) is 24.6 Å². The highest BCUT2D eigenvalue weighted by Gasteiger charge is 2.21. The van der Waals surface area contributed by atoms with Crippen molar-refractivity contribution in [2.24, 2.45) is 11.7 Å². The predicted octanol–water partition coefficient (Wildman–Crippen LogP) is 2.22. The largest absolute Gasteiger partial charge is 0.396 e. The standard InChI is InChI=1S/C14H20ClN3O/c15-12-8-11(14(16)17)3-4-13(12)18-6-1-2-10(9-18)5-7-19/h3-4,8,10,19H,1-2,5-7,9H2,(H3,16,17). The fourth-order valence-electron chi connectivity index (χ4n) is 2.63. The average Bonchev–Trinajstić information content (AvgIpc) is 2.39. The van der Waals surface area contributed by atoms with Crippen LogP contribution in [0.4, 0.5) is 5.69 Å². The first kappa shape index (κ1) is 14.2. The molecule has 1 aliphatic heterocycles. The van der Waals surface area contributed by atoms with E-state index in [2.05, 4.69) is 4.90 Å². The minimum absolute atomic E-state index is 0.0326. The second-order valence-electron chi connectivity index (χ2n) is 5.05. The lowest BCUT2D eigenvalue weighted by Gasteiger charge is -2.34. The van der Waals surface area contributed by atoms with Crippen molar-refractivity contribution in [3.8, 4) is 0 Å². The van der Waals surface area contributed by atoms with Crippen LogP contribution < -0.4 is 10.6 Å². The fourth-order valence-corrected chi connectivity index (χ4v) is 2.93. The number of halogens is 1. The molecule has 0 aromatic heterocycles. The van der Waals surface area contributed by atoms with Crippen molar-refractivity contribution in [3.05, 3.63) is 28.8 Å². The zero-order valence-electron chi connectivity index (χ0n) is 10.9. The lowest BCUT2D eigenvalue weighted by atomic mass is 9.94. The molecule has 5 heteroatoms. The molecule has 0 spiro atoms. The van der Waals surface area contributed by atoms with E-state index < -0.39 is 0 Å². The third-order valence-electron chi connectivity index (χ3n) is 3.66. The van der Waals surface area contributed by atoms with Crippen LogP contribution in [0.15, 0.2) is 18.2 Å². The number of anilines is 1. The van der Waals surface area contributed by atoms with Crippen LogP contribution in [0.2, 0.25) is 5.02 Å². The van der Waals surface area contributed by atoms with Gasteiger partial charge in [0.1, 0.15) is 5.84 Å². The van der Waals surface area contributed by atoms with Gasteiger partial charge in [0, 0.05) is 25.3 Å². The number of nitrogen functional groups attached to an aromatic ring is 1. The highest BCUT2D eigenvalue weighted by molar-refractivity contribution is 6.33. The monoisotopic (exact) mass is 281 g/mol. The lowest BCUT2D eigenvalue weighted by Crippen LogP contribution is -2.36. The van der Waals surface area contributed by atoms with Crippen LogP contribution in [-0.2, 0) is 0 Å². The Hall–Kier alpha value is -1.26. The Balaban J connectivity index is 2.15. The van der Waals surface area contributed by atoms with Crippen LogP contribution in [-0.4, -0.2) is 30.6 Å². The van der Waals surface area contributed by atoms with E-state index in [1.165, 1.54) is 6.42 Å². The number of hydrogen-bond acceptors (Lipinski definition) is 3. The Kier molecular flexibility index (Phi) is 4.66. The number of benzene rings is 1. The summed E-state index contributed by atoms with van der Waals surface area (Å²) in [6, 6.07) is 5.51. The van der Waals surface area contributed by atoms with E-state index in [1.54, 1.807) is 6.07 Å². The summed E-state index contributed by atoms with van der Waals surface area (Å²) >= 11 is 6.29. The van der Waals surface area contributed by atoms with E-state index in [1.807, 2.05) is 12.1 Å². The van der Waals surface area contributed by atoms with Crippen LogP contribution in [0.5, 0.6) is 0 Å². The maximum absolute atomic E-state index is 9.05. The van der Waals surface area contributed by atoms with Crippen LogP contribution >= 0.6 is 11.6 Å². The summed E-state index contributed by atoms with van der Waals surface area (Å²) in [5.41, 5.74) is 7.10. The molecule has 1 fully saturated rings. The molecule has 2 rings (SSSR count). The molecule has 1 atom stereocenters. The molecule has 0 aliphatic carbocycles. The smallest absolute Gasteiger partial charge is 0.122 e. The first-order valence-electron chi connectivity index (χ1n) is 6.61. The van der Waals surface area contributed by atoms with Crippen molar-refractivity contribution in [1.29, 1.82) is 5.41 Å². The van der Waals surface area contributed by atoms with Crippen LogP contribution in [0, 0.1) is 11.3 Å². The van der Waals surface area contributed by atoms with Gasteiger partial charge in [0.25, 0.3) is 0 Å². The maximum Gasteiger partial charge on any atom is 0.122 e. The molecule has 1 unspecified atom stereocenters. The number of nitrogens with zero attached hydrogens (tertiary/aromatic N) is 1. The van der Waals surface area contributed by atoms with Crippen LogP contribution in [0.25, 0.3) is 0 Å². The molecule has 1 aromatic rings. The maximum atomic E-state index is 9.05. The van der Waals surface area contributed by atoms with Gasteiger partial charge in [-0.2, -0.15) is 0 Å². The number of nitrogens with one attached hydrogen (secondary N) is 1. The lowest BCUT2D eigenvalue weighted by molar-refractivity contribution is 0.244. The molecular weight excluding hydrogens is 262 g/mol. The number of hydrogen-bond donors (Lipinski definition) is 3. The quantitative estimate of drug-likeness (QED) is 0.585. The number of rotatable bonds is 4. The summed E-state index contributed by atoms with van der Waals surface area (Å²) in [4.78, 5) is 2.26. The van der Waals surface area contributed by atoms with E-state index in [0.717, 1.165) is 31.6 Å². The highest BCUT2D eigenvalue weighted by atomic mass is 35.5. The van der Waals surface area contributed by atoms with Crippen LogP contribution in [0.3, 0.4) is 0 Å². The van der Waals surface area contributed by atoms with E-state index in [4.69, 9.17) is 27.9 Å². The van der Waals surface area contributed by atoms with Gasteiger partial charge in [-0.1, -0.05) is 11.6 Å². The molecule has 19 heavy (non-hydrogen) atoms. The van der Waals surface area contributed by atoms with E-state index in [0.29, 0.717) is 16.5 Å². The minimum atomic E-state index is 0.0326. The van der Waals surface area contributed by atoms with Gasteiger partial charge in [-0.15, -0.1) is 0 Å². The second-order valence-corrected chi connectivity index (χ2v) is 5.45. The Morgan fingerprint density at radius 2 is 2.32 bits per heavy atom. The summed E-state index contributed by atoms with van der Waals surface area (Å²) < 4.78 is 0. The second kappa shape index (κ2) is 6.26. The SMILES string of the molecule is N=C(N)c1ccc(N2CCCC(CCO)C2)c(Cl)c1. The fraction of sp³-hybridized carbons (Fsp3) is 0.500. The molecule has 1 heterocycles. The van der Waals surface area contributed by atoms with Gasteiger partial charge in [0.15, 0.2) is 0 Å². The van der Waals surface area contributed by atoms with Crippen LogP contribution in [0.1, 0.15) is 24.8 Å². The molecule has 1 aromatic carbocycles. The van der Waals surface area contributed by atoms with Gasteiger partial charge in [-0.3, -0.25) is 5.41 Å². The first-order chi connectivity index (χ1) is 9.11. The van der Waals surface area contributed by atoms with Crippen molar-refractivity contribution in [1.82, 2.24) is 0 Å². The Morgan fingerprint density at radius 3 is 2.95 bits per heavy atom. The van der Waals surface area contributed by atoms with Crippen molar-refractivity contribution >= 4 is 23.1 Å². The van der Waals surface area contributed by atoms with E-state index in [9.17, 15) is 0 Å². The van der Waals surface area contributed by atoms with Crippen molar-refractivity contribution < 1.29 is 5.11 Å². The Morgan fingerprint density at radius 1 is 1.53 bits per heavy atom. The zero-order valence-corrected chi connectivity index (χ0v) is 11.7. The number of nitrogens with two attached hydrogens (primary N) is 1. The Labute approximate surface area is 118 Å². The van der Waals surface area contributed by atoms with Gasteiger partial charge >= 0.3 is 0 Å². The molecule has 0 bridgehead atoms. The highest BCUT2D eigenvalue weighted by Crippen LogP contribution is 2.31. The zero-order chi connectivity index (χ0) is 13.8. The third kappa shape index (κ3) is 3.39. The summed E-state index contributed by atoms with van der Waals surface area (Å²) in [5.74, 6) is 0.563. The summed E-state index contributed by atoms with van der Waals surface area (Å²) in [6.45, 7) is 2.16. The normalized spacial score (nSPS) is 19.5. The number of aliphatic hydroxyl groups excluding tert-OH is 1. The molecule has 0 amide bonds. The average molecular weight is 282 g/mol. The third-order valence-corrected chi connectivity index (χ3v) is 3.96.